The van der Waals surface area contributed by atoms with Crippen molar-refractivity contribution in [1.82, 2.24) is 10.2 Å². The number of aromatic nitrogens is 2. The van der Waals surface area contributed by atoms with Crippen LogP contribution in [0.1, 0.15) is 11.3 Å². The Hall–Kier alpha value is -1.88. The van der Waals surface area contributed by atoms with Gasteiger partial charge in [-0.25, -0.2) is 0 Å². The monoisotopic (exact) mass is 219 g/mol. The van der Waals surface area contributed by atoms with Gasteiger partial charge in [-0.15, -0.1) is 0 Å². The molecule has 2 aromatic heterocycles. The summed E-state index contributed by atoms with van der Waals surface area (Å²) in [5.41, 5.74) is 7.22. The lowest BCUT2D eigenvalue weighted by Gasteiger charge is -1.97. The molecule has 0 aliphatic carbocycles. The van der Waals surface area contributed by atoms with Crippen LogP contribution in [0, 0.1) is 0 Å². The minimum atomic E-state index is -0.478. The summed E-state index contributed by atoms with van der Waals surface area (Å²) in [5, 5.41) is 10.5. The molecule has 1 amide bonds. The number of amides is 1. The average Bonchev–Trinajstić information content (AvgIpc) is 2.87. The SMILES string of the molecule is NC(=O)/C(=C\c1ccsc1)c1cc[nH]n1. The number of primary amides is 1. The quantitative estimate of drug-likeness (QED) is 0.768. The third kappa shape index (κ3) is 2.13. The van der Waals surface area contributed by atoms with Gasteiger partial charge in [0.25, 0.3) is 5.91 Å². The lowest BCUT2D eigenvalue weighted by atomic mass is 10.1. The van der Waals surface area contributed by atoms with E-state index >= 15 is 0 Å². The molecule has 0 aliphatic rings. The van der Waals surface area contributed by atoms with Gasteiger partial charge in [-0.3, -0.25) is 9.89 Å². The minimum absolute atomic E-state index is 0.412. The molecule has 0 bridgehead atoms. The minimum Gasteiger partial charge on any atom is -0.366 e. The molecule has 0 aromatic carbocycles. The van der Waals surface area contributed by atoms with Crippen LogP contribution in [0.15, 0.2) is 29.1 Å². The first-order chi connectivity index (χ1) is 7.27. The molecule has 2 heterocycles. The number of hydrogen-bond donors (Lipinski definition) is 2. The van der Waals surface area contributed by atoms with Crippen LogP contribution in [0.3, 0.4) is 0 Å². The first kappa shape index (κ1) is 9.67. The molecule has 0 spiro atoms. The van der Waals surface area contributed by atoms with Gasteiger partial charge in [0.1, 0.15) is 0 Å². The predicted octanol–water partition coefficient (Wildman–Crippen LogP) is 1.50. The number of nitrogens with zero attached hydrogens (tertiary/aromatic N) is 1. The van der Waals surface area contributed by atoms with Crippen LogP contribution in [0.5, 0.6) is 0 Å². The summed E-state index contributed by atoms with van der Waals surface area (Å²) in [7, 11) is 0. The molecule has 2 rings (SSSR count). The summed E-state index contributed by atoms with van der Waals surface area (Å²) in [5.74, 6) is -0.478. The molecule has 0 unspecified atom stereocenters. The van der Waals surface area contributed by atoms with Crippen molar-refractivity contribution >= 4 is 28.9 Å². The van der Waals surface area contributed by atoms with Gasteiger partial charge in [-0.1, -0.05) is 0 Å². The molecular formula is C10H9N3OS. The molecule has 0 saturated carbocycles. The van der Waals surface area contributed by atoms with Crippen molar-refractivity contribution < 1.29 is 4.79 Å². The van der Waals surface area contributed by atoms with Crippen LogP contribution in [0.4, 0.5) is 0 Å². The maximum Gasteiger partial charge on any atom is 0.250 e. The van der Waals surface area contributed by atoms with E-state index in [9.17, 15) is 4.79 Å². The Morgan fingerprint density at radius 2 is 2.40 bits per heavy atom. The van der Waals surface area contributed by atoms with Gasteiger partial charge in [-0.2, -0.15) is 16.4 Å². The second-order valence-corrected chi connectivity index (χ2v) is 3.72. The maximum atomic E-state index is 11.2. The fraction of sp³-hybridized carbons (Fsp3) is 0. The fourth-order valence-electron chi connectivity index (χ4n) is 1.21. The summed E-state index contributed by atoms with van der Waals surface area (Å²) < 4.78 is 0. The molecule has 4 nitrogen and oxygen atoms in total. The Labute approximate surface area is 90.4 Å². The first-order valence-corrected chi connectivity index (χ1v) is 5.25. The zero-order valence-corrected chi connectivity index (χ0v) is 8.62. The molecular weight excluding hydrogens is 210 g/mol. The van der Waals surface area contributed by atoms with Crippen molar-refractivity contribution in [2.24, 2.45) is 5.73 Å². The molecule has 0 saturated heterocycles. The van der Waals surface area contributed by atoms with E-state index in [1.54, 1.807) is 29.7 Å². The van der Waals surface area contributed by atoms with Crippen molar-refractivity contribution in [2.75, 3.05) is 0 Å². The molecule has 15 heavy (non-hydrogen) atoms. The standard InChI is InChI=1S/C10H9N3OS/c11-10(14)8(9-1-3-12-13-9)5-7-2-4-15-6-7/h1-6H,(H2,11,14)(H,12,13)/b8-5-. The summed E-state index contributed by atoms with van der Waals surface area (Å²) in [6.45, 7) is 0. The molecule has 0 aliphatic heterocycles. The molecule has 5 heteroatoms. The van der Waals surface area contributed by atoms with Crippen molar-refractivity contribution in [3.05, 3.63) is 40.3 Å². The van der Waals surface area contributed by atoms with Crippen molar-refractivity contribution in [1.29, 1.82) is 0 Å². The van der Waals surface area contributed by atoms with E-state index in [0.29, 0.717) is 11.3 Å². The number of carbonyl (C=O) groups is 1. The van der Waals surface area contributed by atoms with E-state index in [2.05, 4.69) is 10.2 Å². The van der Waals surface area contributed by atoms with Crippen LogP contribution in [0.25, 0.3) is 11.6 Å². The zero-order valence-electron chi connectivity index (χ0n) is 7.81. The van der Waals surface area contributed by atoms with Crippen molar-refractivity contribution in [3.8, 4) is 0 Å². The maximum absolute atomic E-state index is 11.2. The van der Waals surface area contributed by atoms with Crippen LogP contribution in [-0.2, 0) is 4.79 Å². The molecule has 0 fully saturated rings. The van der Waals surface area contributed by atoms with Crippen molar-refractivity contribution in [3.63, 3.8) is 0 Å². The summed E-state index contributed by atoms with van der Waals surface area (Å²) >= 11 is 1.57. The normalized spacial score (nSPS) is 11.6. The lowest BCUT2D eigenvalue weighted by molar-refractivity contribution is -0.112. The molecule has 3 N–H and O–H groups in total. The molecule has 2 aromatic rings. The number of hydrogen-bond acceptors (Lipinski definition) is 3. The molecule has 0 radical (unpaired) electrons. The average molecular weight is 219 g/mol. The Kier molecular flexibility index (Phi) is 2.64. The van der Waals surface area contributed by atoms with Gasteiger partial charge in [0.2, 0.25) is 0 Å². The lowest BCUT2D eigenvalue weighted by Crippen LogP contribution is -2.13. The zero-order chi connectivity index (χ0) is 10.7. The number of aromatic amines is 1. The Morgan fingerprint density at radius 3 is 2.93 bits per heavy atom. The van der Waals surface area contributed by atoms with Gasteiger partial charge in [0.15, 0.2) is 0 Å². The molecule has 0 atom stereocenters. The fourth-order valence-corrected chi connectivity index (χ4v) is 1.82. The Morgan fingerprint density at radius 1 is 1.53 bits per heavy atom. The van der Waals surface area contributed by atoms with Crippen LogP contribution in [-0.4, -0.2) is 16.1 Å². The Balaban J connectivity index is 2.41. The summed E-state index contributed by atoms with van der Waals surface area (Å²) in [6, 6.07) is 3.63. The van der Waals surface area contributed by atoms with Crippen LogP contribution in [0.2, 0.25) is 0 Å². The van der Waals surface area contributed by atoms with Crippen LogP contribution >= 0.6 is 11.3 Å². The highest BCUT2D eigenvalue weighted by atomic mass is 32.1. The Bertz CT molecular complexity index is 471. The van der Waals surface area contributed by atoms with E-state index in [-0.39, 0.29) is 0 Å². The second-order valence-electron chi connectivity index (χ2n) is 2.94. The van der Waals surface area contributed by atoms with Gasteiger partial charge in [-0.05, 0) is 34.5 Å². The van der Waals surface area contributed by atoms with E-state index in [0.717, 1.165) is 5.56 Å². The van der Waals surface area contributed by atoms with E-state index in [1.807, 2.05) is 16.8 Å². The first-order valence-electron chi connectivity index (χ1n) is 4.31. The molecule has 76 valence electrons. The third-order valence-electron chi connectivity index (χ3n) is 1.90. The summed E-state index contributed by atoms with van der Waals surface area (Å²) in [6.07, 6.45) is 3.38. The van der Waals surface area contributed by atoms with E-state index < -0.39 is 5.91 Å². The van der Waals surface area contributed by atoms with Crippen LogP contribution < -0.4 is 5.73 Å². The van der Waals surface area contributed by atoms with Gasteiger partial charge in [0.05, 0.1) is 11.3 Å². The van der Waals surface area contributed by atoms with Gasteiger partial charge < -0.3 is 5.73 Å². The number of H-pyrrole nitrogens is 1. The third-order valence-corrected chi connectivity index (χ3v) is 2.60. The van der Waals surface area contributed by atoms with E-state index in [4.69, 9.17) is 5.73 Å². The highest BCUT2D eigenvalue weighted by molar-refractivity contribution is 7.08. The number of nitrogens with two attached hydrogens (primary N) is 1. The van der Waals surface area contributed by atoms with Crippen molar-refractivity contribution in [2.45, 2.75) is 0 Å². The number of thiophene rings is 1. The summed E-state index contributed by atoms with van der Waals surface area (Å²) in [4.78, 5) is 11.2. The highest BCUT2D eigenvalue weighted by Gasteiger charge is 2.10. The largest absolute Gasteiger partial charge is 0.366 e. The van der Waals surface area contributed by atoms with Gasteiger partial charge >= 0.3 is 0 Å². The van der Waals surface area contributed by atoms with E-state index in [1.165, 1.54) is 0 Å². The predicted molar refractivity (Wildman–Crippen MR) is 60.0 cm³/mol. The second kappa shape index (κ2) is 4.10. The number of carbonyl (C=O) groups excluding carboxylic acids is 1. The number of rotatable bonds is 3. The number of nitrogens with one attached hydrogen (secondary N) is 1. The topological polar surface area (TPSA) is 71.8 Å². The van der Waals surface area contributed by atoms with Gasteiger partial charge in [0, 0.05) is 6.20 Å². The smallest absolute Gasteiger partial charge is 0.250 e. The highest BCUT2D eigenvalue weighted by Crippen LogP contribution is 2.17.